The molecule has 2 aromatic carbocycles. The third kappa shape index (κ3) is 5.21. The fourth-order valence-corrected chi connectivity index (χ4v) is 5.36. The second kappa shape index (κ2) is 9.58. The summed E-state index contributed by atoms with van der Waals surface area (Å²) >= 11 is 7.22. The molecule has 1 aromatic heterocycles. The van der Waals surface area contributed by atoms with E-state index >= 15 is 0 Å². The molecule has 0 radical (unpaired) electrons. The Hall–Kier alpha value is -2.11. The first-order valence-electron chi connectivity index (χ1n) is 9.55. The molecule has 11 heteroatoms. The van der Waals surface area contributed by atoms with Gasteiger partial charge in [0.25, 0.3) is 5.22 Å². The van der Waals surface area contributed by atoms with Gasteiger partial charge in [0.15, 0.2) is 5.58 Å². The van der Waals surface area contributed by atoms with Gasteiger partial charge in [-0.3, -0.25) is 4.79 Å². The lowest BCUT2D eigenvalue weighted by Gasteiger charge is -2.25. The number of benzene rings is 2. The number of halogens is 1. The number of rotatable bonds is 7. The lowest BCUT2D eigenvalue weighted by Crippen LogP contribution is -2.40. The number of sulfonamides is 1. The molecule has 1 fully saturated rings. The molecule has 0 unspecified atom stereocenters. The van der Waals surface area contributed by atoms with Crippen LogP contribution in [0.15, 0.2) is 57.0 Å². The van der Waals surface area contributed by atoms with Crippen LogP contribution in [-0.4, -0.2) is 55.7 Å². The van der Waals surface area contributed by atoms with E-state index in [9.17, 15) is 13.2 Å². The molecule has 0 bridgehead atoms. The van der Waals surface area contributed by atoms with Crippen molar-refractivity contribution in [2.24, 2.45) is 0 Å². The fourth-order valence-electron chi connectivity index (χ4n) is 3.06. The summed E-state index contributed by atoms with van der Waals surface area (Å²) < 4.78 is 37.9. The van der Waals surface area contributed by atoms with Crippen LogP contribution in [0.5, 0.6) is 0 Å². The van der Waals surface area contributed by atoms with Gasteiger partial charge in [0.1, 0.15) is 5.52 Å². The molecule has 2 heterocycles. The standard InChI is InChI=1S/C20H20ClN3O5S2/c21-16-4-2-1-3-14(16)12-22-19(25)13-30-20-23-17-11-15(5-6-18(17)29-20)31(26,27)24-7-9-28-10-8-24/h1-6,11H,7-10,12-13H2,(H,22,25). The molecular weight excluding hydrogens is 462 g/mol. The molecule has 0 atom stereocenters. The molecule has 1 amide bonds. The number of nitrogens with one attached hydrogen (secondary N) is 1. The van der Waals surface area contributed by atoms with Crippen LogP contribution in [0.25, 0.3) is 11.1 Å². The van der Waals surface area contributed by atoms with E-state index < -0.39 is 10.0 Å². The summed E-state index contributed by atoms with van der Waals surface area (Å²) in [5, 5.41) is 3.69. The summed E-state index contributed by atoms with van der Waals surface area (Å²) in [6, 6.07) is 11.9. The van der Waals surface area contributed by atoms with E-state index in [1.165, 1.54) is 16.4 Å². The predicted molar refractivity (Wildman–Crippen MR) is 118 cm³/mol. The highest BCUT2D eigenvalue weighted by atomic mass is 35.5. The van der Waals surface area contributed by atoms with E-state index in [0.717, 1.165) is 17.3 Å². The molecule has 1 aliphatic rings. The molecular formula is C20H20ClN3O5S2. The van der Waals surface area contributed by atoms with Gasteiger partial charge in [0.2, 0.25) is 15.9 Å². The first-order chi connectivity index (χ1) is 14.9. The maximum atomic E-state index is 12.8. The maximum Gasteiger partial charge on any atom is 0.257 e. The second-order valence-electron chi connectivity index (χ2n) is 6.78. The van der Waals surface area contributed by atoms with Crippen molar-refractivity contribution in [1.29, 1.82) is 0 Å². The summed E-state index contributed by atoms with van der Waals surface area (Å²) in [5.41, 5.74) is 1.71. The van der Waals surface area contributed by atoms with Gasteiger partial charge >= 0.3 is 0 Å². The number of morpholine rings is 1. The molecule has 31 heavy (non-hydrogen) atoms. The Morgan fingerprint density at radius 3 is 2.74 bits per heavy atom. The van der Waals surface area contributed by atoms with E-state index in [0.29, 0.717) is 54.2 Å². The van der Waals surface area contributed by atoms with Crippen LogP contribution in [0.1, 0.15) is 5.56 Å². The van der Waals surface area contributed by atoms with Crippen LogP contribution in [-0.2, 0) is 26.1 Å². The van der Waals surface area contributed by atoms with Gasteiger partial charge in [-0.25, -0.2) is 13.4 Å². The molecule has 1 aliphatic heterocycles. The normalized spacial score (nSPS) is 15.3. The lowest BCUT2D eigenvalue weighted by molar-refractivity contribution is -0.118. The number of carbonyl (C=O) groups is 1. The van der Waals surface area contributed by atoms with Gasteiger partial charge in [0.05, 0.1) is 23.9 Å². The van der Waals surface area contributed by atoms with Gasteiger partial charge < -0.3 is 14.5 Å². The van der Waals surface area contributed by atoms with Gasteiger partial charge in [-0.1, -0.05) is 41.6 Å². The predicted octanol–water partition coefficient (Wildman–Crippen LogP) is 2.91. The number of fused-ring (bicyclic) bond motifs is 1. The van der Waals surface area contributed by atoms with Gasteiger partial charge in [-0.2, -0.15) is 4.31 Å². The highest BCUT2D eigenvalue weighted by Gasteiger charge is 2.27. The second-order valence-corrected chi connectivity index (χ2v) is 10.1. The molecule has 164 valence electrons. The smallest absolute Gasteiger partial charge is 0.257 e. The highest BCUT2D eigenvalue weighted by molar-refractivity contribution is 7.99. The number of nitrogens with zero attached hydrogens (tertiary/aromatic N) is 2. The number of aromatic nitrogens is 1. The van der Waals surface area contributed by atoms with Crippen LogP contribution in [0.3, 0.4) is 0 Å². The van der Waals surface area contributed by atoms with Gasteiger partial charge in [-0.05, 0) is 29.8 Å². The number of oxazole rings is 1. The molecule has 0 spiro atoms. The van der Waals surface area contributed by atoms with E-state index in [1.807, 2.05) is 18.2 Å². The van der Waals surface area contributed by atoms with Crippen LogP contribution in [0, 0.1) is 0 Å². The average molecular weight is 482 g/mol. The molecule has 4 rings (SSSR count). The quantitative estimate of drug-likeness (QED) is 0.517. The minimum absolute atomic E-state index is 0.107. The van der Waals surface area contributed by atoms with Crippen molar-refractivity contribution < 1.29 is 22.4 Å². The molecule has 1 saturated heterocycles. The topological polar surface area (TPSA) is 102 Å². The zero-order chi connectivity index (χ0) is 21.8. The molecule has 0 saturated carbocycles. The van der Waals surface area contributed by atoms with Crippen LogP contribution in [0.2, 0.25) is 5.02 Å². The Bertz CT molecular complexity index is 1190. The highest BCUT2D eigenvalue weighted by Crippen LogP contribution is 2.27. The molecule has 1 N–H and O–H groups in total. The van der Waals surface area contributed by atoms with Crippen molar-refractivity contribution in [3.8, 4) is 0 Å². The Balaban J connectivity index is 1.39. The summed E-state index contributed by atoms with van der Waals surface area (Å²) in [6.07, 6.45) is 0. The SMILES string of the molecule is O=C(CSc1nc2cc(S(=O)(=O)N3CCOCC3)ccc2o1)NCc1ccccc1Cl. The van der Waals surface area contributed by atoms with Crippen molar-refractivity contribution >= 4 is 50.4 Å². The zero-order valence-corrected chi connectivity index (χ0v) is 18.8. The monoisotopic (exact) mass is 481 g/mol. The van der Waals surface area contributed by atoms with Crippen LogP contribution in [0.4, 0.5) is 0 Å². The molecule has 8 nitrogen and oxygen atoms in total. The van der Waals surface area contributed by atoms with E-state index in [1.54, 1.807) is 12.1 Å². The first kappa shape index (κ1) is 22.1. The summed E-state index contributed by atoms with van der Waals surface area (Å²) in [5.74, 6) is -0.0845. The number of amides is 1. The van der Waals surface area contributed by atoms with E-state index in [-0.39, 0.29) is 16.6 Å². The van der Waals surface area contributed by atoms with Gasteiger partial charge in [0, 0.05) is 24.7 Å². The van der Waals surface area contributed by atoms with Crippen LogP contribution < -0.4 is 5.32 Å². The zero-order valence-electron chi connectivity index (χ0n) is 16.4. The Morgan fingerprint density at radius 1 is 1.19 bits per heavy atom. The number of hydrogen-bond acceptors (Lipinski definition) is 7. The number of carbonyl (C=O) groups excluding carboxylic acids is 1. The number of hydrogen-bond donors (Lipinski definition) is 1. The van der Waals surface area contributed by atoms with Crippen LogP contribution >= 0.6 is 23.4 Å². The minimum atomic E-state index is -3.62. The Morgan fingerprint density at radius 2 is 1.97 bits per heavy atom. The first-order valence-corrected chi connectivity index (χ1v) is 12.4. The van der Waals surface area contributed by atoms with Crippen molar-refractivity contribution in [2.45, 2.75) is 16.7 Å². The summed E-state index contributed by atoms with van der Waals surface area (Å²) in [7, 11) is -3.62. The van der Waals surface area contributed by atoms with Crippen molar-refractivity contribution in [3.05, 3.63) is 53.1 Å². The van der Waals surface area contributed by atoms with E-state index in [4.69, 9.17) is 20.8 Å². The molecule has 0 aliphatic carbocycles. The third-order valence-electron chi connectivity index (χ3n) is 4.71. The van der Waals surface area contributed by atoms with Gasteiger partial charge in [-0.15, -0.1) is 0 Å². The summed E-state index contributed by atoms with van der Waals surface area (Å²) in [6.45, 7) is 1.73. The van der Waals surface area contributed by atoms with E-state index in [2.05, 4.69) is 10.3 Å². The minimum Gasteiger partial charge on any atom is -0.431 e. The Kier molecular flexibility index (Phi) is 6.83. The van der Waals surface area contributed by atoms with Crippen molar-refractivity contribution in [1.82, 2.24) is 14.6 Å². The fraction of sp³-hybridized carbons (Fsp3) is 0.300. The Labute approximate surface area is 189 Å². The summed E-state index contributed by atoms with van der Waals surface area (Å²) in [4.78, 5) is 16.6. The number of ether oxygens (including phenoxy) is 1. The van der Waals surface area contributed by atoms with Crippen molar-refractivity contribution in [2.75, 3.05) is 32.1 Å². The number of thioether (sulfide) groups is 1. The largest absolute Gasteiger partial charge is 0.431 e. The van der Waals surface area contributed by atoms with Crippen molar-refractivity contribution in [3.63, 3.8) is 0 Å². The maximum absolute atomic E-state index is 12.8. The average Bonchev–Trinajstić information content (AvgIpc) is 3.20. The molecule has 3 aromatic rings. The lowest BCUT2D eigenvalue weighted by atomic mass is 10.2. The third-order valence-corrected chi connectivity index (χ3v) is 7.80.